The minimum absolute atomic E-state index is 0.0229. The number of alkyl halides is 1. The van der Waals surface area contributed by atoms with E-state index < -0.39 is 53.4 Å². The number of carbonyl (C=O) groups is 5. The fraction of sp³-hybridized carbons (Fsp3) is 0.469. The lowest BCUT2D eigenvalue weighted by Crippen LogP contribution is -2.62. The molecule has 4 amide bonds. The van der Waals surface area contributed by atoms with Crippen LogP contribution in [0.15, 0.2) is 60.7 Å². The van der Waals surface area contributed by atoms with E-state index in [1.807, 2.05) is 48.5 Å². The SMILES string of the molecule is COC(=O)[C@H]1CCCN1C(=O)[C@H](Cc1ccccc1)NC(=O)C(C)(C)NC(=O)[C@H](CCCCl)NC(=O)OCc1ccccc1. The van der Waals surface area contributed by atoms with Crippen LogP contribution in [0.1, 0.15) is 50.7 Å². The smallest absolute Gasteiger partial charge is 0.408 e. The van der Waals surface area contributed by atoms with Crippen molar-refractivity contribution >= 4 is 41.4 Å². The van der Waals surface area contributed by atoms with Crippen LogP contribution in [-0.4, -0.2) is 77.9 Å². The summed E-state index contributed by atoms with van der Waals surface area (Å²) in [4.78, 5) is 66.9. The maximum Gasteiger partial charge on any atom is 0.408 e. The second kappa shape index (κ2) is 16.7. The number of hydrogen-bond donors (Lipinski definition) is 3. The molecule has 0 unspecified atom stereocenters. The Balaban J connectivity index is 1.70. The summed E-state index contributed by atoms with van der Waals surface area (Å²) in [7, 11) is 1.27. The Hall–Kier alpha value is -4.12. The Kier molecular flexibility index (Phi) is 13.0. The third-order valence-electron chi connectivity index (χ3n) is 7.35. The monoisotopic (exact) mass is 628 g/mol. The zero-order valence-electron chi connectivity index (χ0n) is 25.3. The van der Waals surface area contributed by atoms with Gasteiger partial charge in [-0.1, -0.05) is 60.7 Å². The van der Waals surface area contributed by atoms with Crippen molar-refractivity contribution in [1.29, 1.82) is 0 Å². The van der Waals surface area contributed by atoms with E-state index in [2.05, 4.69) is 16.0 Å². The topological polar surface area (TPSA) is 143 Å². The van der Waals surface area contributed by atoms with E-state index in [1.54, 1.807) is 12.1 Å². The number of alkyl carbamates (subject to hydrolysis) is 1. The van der Waals surface area contributed by atoms with Gasteiger partial charge in [0.15, 0.2) is 0 Å². The molecule has 238 valence electrons. The number of nitrogens with one attached hydrogen (secondary N) is 3. The van der Waals surface area contributed by atoms with Crippen molar-refractivity contribution in [3.63, 3.8) is 0 Å². The number of methoxy groups -OCH3 is 1. The summed E-state index contributed by atoms with van der Waals surface area (Å²) in [6.45, 7) is 3.39. The van der Waals surface area contributed by atoms with Crippen molar-refractivity contribution in [2.24, 2.45) is 0 Å². The molecule has 2 aromatic carbocycles. The van der Waals surface area contributed by atoms with Crippen LogP contribution in [0.2, 0.25) is 0 Å². The van der Waals surface area contributed by atoms with E-state index in [1.165, 1.54) is 25.9 Å². The lowest BCUT2D eigenvalue weighted by Gasteiger charge is -2.32. The number of likely N-dealkylation sites (tertiary alicyclic amines) is 1. The van der Waals surface area contributed by atoms with Crippen molar-refractivity contribution < 1.29 is 33.4 Å². The lowest BCUT2D eigenvalue weighted by molar-refractivity contribution is -0.152. The molecule has 3 rings (SSSR count). The molecule has 0 spiro atoms. The molecule has 1 saturated heterocycles. The standard InChI is InChI=1S/C32H41ClN4O7/c1-32(2,36-27(38)24(16-10-18-33)35-31(42)44-21-23-14-8-5-9-15-23)30(41)34-25(20-22-12-6-4-7-13-22)28(39)37-19-11-17-26(37)29(40)43-3/h4-9,12-15,24-26H,10-11,16-21H2,1-3H3,(H,34,41)(H,35,42)(H,36,38)/t24-,25-,26+/m0/s1. The molecule has 0 saturated carbocycles. The maximum absolute atomic E-state index is 13.7. The molecule has 3 atom stereocenters. The minimum Gasteiger partial charge on any atom is -0.467 e. The van der Waals surface area contributed by atoms with Gasteiger partial charge in [-0.2, -0.15) is 0 Å². The number of ether oxygens (including phenoxy) is 2. The Labute approximate surface area is 263 Å². The number of halogens is 1. The molecule has 1 aliphatic heterocycles. The molecule has 1 aliphatic rings. The average molecular weight is 629 g/mol. The van der Waals surface area contributed by atoms with E-state index in [9.17, 15) is 24.0 Å². The number of hydrogen-bond acceptors (Lipinski definition) is 7. The number of nitrogens with zero attached hydrogens (tertiary/aromatic N) is 1. The fourth-order valence-corrected chi connectivity index (χ4v) is 5.06. The van der Waals surface area contributed by atoms with Crippen molar-refractivity contribution in [1.82, 2.24) is 20.9 Å². The first-order valence-corrected chi connectivity index (χ1v) is 15.2. The summed E-state index contributed by atoms with van der Waals surface area (Å²) in [5, 5.41) is 8.06. The molecule has 3 N–H and O–H groups in total. The number of amides is 4. The molecule has 11 nitrogen and oxygen atoms in total. The quantitative estimate of drug-likeness (QED) is 0.215. The Morgan fingerprint density at radius 3 is 2.20 bits per heavy atom. The van der Waals surface area contributed by atoms with Crippen molar-refractivity contribution in [2.45, 2.75) is 76.2 Å². The zero-order valence-corrected chi connectivity index (χ0v) is 26.1. The van der Waals surface area contributed by atoms with Gasteiger partial charge in [0, 0.05) is 18.8 Å². The highest BCUT2D eigenvalue weighted by Gasteiger charge is 2.40. The summed E-state index contributed by atoms with van der Waals surface area (Å²) in [6.07, 6.45) is 1.13. The third kappa shape index (κ3) is 9.97. The summed E-state index contributed by atoms with van der Waals surface area (Å²) >= 11 is 5.85. The first kappa shape index (κ1) is 34.4. The first-order valence-electron chi connectivity index (χ1n) is 14.6. The summed E-state index contributed by atoms with van der Waals surface area (Å²) < 4.78 is 10.2. The van der Waals surface area contributed by atoms with Gasteiger partial charge in [0.1, 0.15) is 30.3 Å². The molecule has 0 aliphatic carbocycles. The van der Waals surface area contributed by atoms with E-state index >= 15 is 0 Å². The van der Waals surface area contributed by atoms with Gasteiger partial charge in [0.05, 0.1) is 7.11 Å². The molecule has 1 heterocycles. The molecular formula is C32H41ClN4O7. The first-order chi connectivity index (χ1) is 21.1. The van der Waals surface area contributed by atoms with Crippen molar-refractivity contribution in [2.75, 3.05) is 19.5 Å². The van der Waals surface area contributed by atoms with Gasteiger partial charge < -0.3 is 30.3 Å². The van der Waals surface area contributed by atoms with Crippen LogP contribution in [0.5, 0.6) is 0 Å². The largest absolute Gasteiger partial charge is 0.467 e. The van der Waals surface area contributed by atoms with Crippen LogP contribution < -0.4 is 16.0 Å². The number of rotatable bonds is 14. The minimum atomic E-state index is -1.48. The van der Waals surface area contributed by atoms with Crippen LogP contribution in [0, 0.1) is 0 Å². The number of carbonyl (C=O) groups excluding carboxylic acids is 5. The van der Waals surface area contributed by atoms with E-state index in [4.69, 9.17) is 21.1 Å². The van der Waals surface area contributed by atoms with Gasteiger partial charge in [-0.3, -0.25) is 14.4 Å². The van der Waals surface area contributed by atoms with Gasteiger partial charge in [0.2, 0.25) is 17.7 Å². The Morgan fingerprint density at radius 2 is 1.59 bits per heavy atom. The molecule has 12 heteroatoms. The fourth-order valence-electron chi connectivity index (χ4n) is 4.91. The molecule has 0 aromatic heterocycles. The Bertz CT molecular complexity index is 1280. The van der Waals surface area contributed by atoms with Crippen molar-refractivity contribution in [3.05, 3.63) is 71.8 Å². The second-order valence-corrected chi connectivity index (χ2v) is 11.5. The van der Waals surface area contributed by atoms with Gasteiger partial charge in [-0.15, -0.1) is 11.6 Å². The summed E-state index contributed by atoms with van der Waals surface area (Å²) in [5.41, 5.74) is 0.114. The Morgan fingerprint density at radius 1 is 0.955 bits per heavy atom. The highest BCUT2D eigenvalue weighted by atomic mass is 35.5. The van der Waals surface area contributed by atoms with E-state index in [0.29, 0.717) is 25.8 Å². The molecular weight excluding hydrogens is 588 g/mol. The van der Waals surface area contributed by atoms with Gasteiger partial charge in [-0.25, -0.2) is 9.59 Å². The maximum atomic E-state index is 13.7. The molecule has 1 fully saturated rings. The zero-order chi connectivity index (χ0) is 32.1. The normalized spacial score (nSPS) is 15.9. The van der Waals surface area contributed by atoms with Crippen LogP contribution in [-0.2, 0) is 41.7 Å². The van der Waals surface area contributed by atoms with E-state index in [-0.39, 0.29) is 25.3 Å². The van der Waals surface area contributed by atoms with Crippen LogP contribution >= 0.6 is 11.6 Å². The predicted molar refractivity (Wildman–Crippen MR) is 165 cm³/mol. The number of esters is 1. The average Bonchev–Trinajstić information content (AvgIpc) is 3.52. The summed E-state index contributed by atoms with van der Waals surface area (Å²) in [6, 6.07) is 15.5. The van der Waals surface area contributed by atoms with Crippen LogP contribution in [0.4, 0.5) is 4.79 Å². The van der Waals surface area contributed by atoms with Gasteiger partial charge in [-0.05, 0) is 50.7 Å². The van der Waals surface area contributed by atoms with Gasteiger partial charge in [0.25, 0.3) is 0 Å². The molecule has 0 radical (unpaired) electrons. The molecule has 0 bridgehead atoms. The van der Waals surface area contributed by atoms with Gasteiger partial charge >= 0.3 is 12.1 Å². The predicted octanol–water partition coefficient (Wildman–Crippen LogP) is 3.09. The molecule has 2 aromatic rings. The lowest BCUT2D eigenvalue weighted by atomic mass is 9.99. The van der Waals surface area contributed by atoms with Crippen molar-refractivity contribution in [3.8, 4) is 0 Å². The highest BCUT2D eigenvalue weighted by Crippen LogP contribution is 2.21. The highest BCUT2D eigenvalue weighted by molar-refractivity contribution is 6.17. The summed E-state index contributed by atoms with van der Waals surface area (Å²) in [5.74, 6) is -1.88. The molecule has 44 heavy (non-hydrogen) atoms. The van der Waals surface area contributed by atoms with E-state index in [0.717, 1.165) is 11.1 Å². The van der Waals surface area contributed by atoms with Crippen LogP contribution in [0.3, 0.4) is 0 Å². The third-order valence-corrected chi connectivity index (χ3v) is 7.61. The second-order valence-electron chi connectivity index (χ2n) is 11.1. The van der Waals surface area contributed by atoms with Crippen LogP contribution in [0.25, 0.3) is 0 Å². The number of benzene rings is 2.